The number of hydrogen-bond acceptors (Lipinski definition) is 3. The first-order valence-electron chi connectivity index (χ1n) is 4.82. The molecule has 0 radical (unpaired) electrons. The second-order valence-electron chi connectivity index (χ2n) is 3.44. The summed E-state index contributed by atoms with van der Waals surface area (Å²) in [4.78, 5) is 18.1. The van der Waals surface area contributed by atoms with E-state index < -0.39 is 0 Å². The second-order valence-corrected chi connectivity index (χ2v) is 3.44. The van der Waals surface area contributed by atoms with Crippen LogP contribution in [0.1, 0.15) is 18.3 Å². The van der Waals surface area contributed by atoms with Gasteiger partial charge >= 0.3 is 0 Å². The fourth-order valence-corrected chi connectivity index (χ4v) is 1.42. The lowest BCUT2D eigenvalue weighted by molar-refractivity contribution is -0.119. The molecular weight excluding hydrogens is 204 g/mol. The molecule has 0 atom stereocenters. The standard InChI is InChI=1S/C11H10N4O/c1-7(16)13-6-11-14-9-3-2-8(5-12)4-10(9)15-11/h2-4H,6H2,1H3,(H,13,16)(H,14,15). The third kappa shape index (κ3) is 2.01. The predicted octanol–water partition coefficient (Wildman–Crippen LogP) is 1.07. The monoisotopic (exact) mass is 214 g/mol. The number of H-pyrrole nitrogens is 1. The van der Waals surface area contributed by atoms with Crippen LogP contribution in [0, 0.1) is 11.3 Å². The minimum absolute atomic E-state index is 0.0989. The summed E-state index contributed by atoms with van der Waals surface area (Å²) in [6.45, 7) is 1.82. The highest BCUT2D eigenvalue weighted by atomic mass is 16.1. The average molecular weight is 214 g/mol. The van der Waals surface area contributed by atoms with Crippen LogP contribution < -0.4 is 5.32 Å². The molecule has 5 heteroatoms. The van der Waals surface area contributed by atoms with E-state index in [4.69, 9.17) is 5.26 Å². The van der Waals surface area contributed by atoms with Crippen LogP contribution >= 0.6 is 0 Å². The highest BCUT2D eigenvalue weighted by Crippen LogP contribution is 2.13. The van der Waals surface area contributed by atoms with E-state index >= 15 is 0 Å². The van der Waals surface area contributed by atoms with Crippen molar-refractivity contribution in [2.75, 3.05) is 0 Å². The molecule has 0 bridgehead atoms. The van der Waals surface area contributed by atoms with Gasteiger partial charge in [-0.2, -0.15) is 5.26 Å². The van der Waals surface area contributed by atoms with Crippen LogP contribution in [0.15, 0.2) is 18.2 Å². The highest BCUT2D eigenvalue weighted by Gasteiger charge is 2.03. The Bertz CT molecular complexity index is 579. The second kappa shape index (κ2) is 4.03. The summed E-state index contributed by atoms with van der Waals surface area (Å²) in [6, 6.07) is 7.29. The summed E-state index contributed by atoms with van der Waals surface area (Å²) in [6.07, 6.45) is 0. The van der Waals surface area contributed by atoms with Crippen molar-refractivity contribution in [2.45, 2.75) is 13.5 Å². The molecule has 80 valence electrons. The van der Waals surface area contributed by atoms with Crippen molar-refractivity contribution in [3.8, 4) is 6.07 Å². The lowest BCUT2D eigenvalue weighted by Gasteiger charge is -1.96. The third-order valence-electron chi connectivity index (χ3n) is 2.16. The normalized spacial score (nSPS) is 10.0. The van der Waals surface area contributed by atoms with Gasteiger partial charge in [-0.3, -0.25) is 4.79 Å². The van der Waals surface area contributed by atoms with Gasteiger partial charge in [0.15, 0.2) is 0 Å². The lowest BCUT2D eigenvalue weighted by Crippen LogP contribution is -2.19. The zero-order valence-electron chi connectivity index (χ0n) is 8.74. The number of fused-ring (bicyclic) bond motifs is 1. The van der Waals surface area contributed by atoms with Gasteiger partial charge in [0.1, 0.15) is 5.82 Å². The number of hydrogen-bond donors (Lipinski definition) is 2. The number of imidazole rings is 1. The Hall–Kier alpha value is -2.35. The average Bonchev–Trinajstić information content (AvgIpc) is 2.67. The van der Waals surface area contributed by atoms with E-state index in [1.165, 1.54) is 6.92 Å². The molecule has 2 rings (SSSR count). The van der Waals surface area contributed by atoms with Gasteiger partial charge in [-0.15, -0.1) is 0 Å². The summed E-state index contributed by atoms with van der Waals surface area (Å²) < 4.78 is 0. The largest absolute Gasteiger partial charge is 0.349 e. The van der Waals surface area contributed by atoms with Gasteiger partial charge in [-0.1, -0.05) is 0 Å². The first kappa shape index (κ1) is 10.2. The maximum absolute atomic E-state index is 10.7. The Labute approximate surface area is 92.1 Å². The van der Waals surface area contributed by atoms with Crippen molar-refractivity contribution >= 4 is 16.9 Å². The van der Waals surface area contributed by atoms with E-state index in [9.17, 15) is 4.79 Å². The van der Waals surface area contributed by atoms with E-state index in [1.54, 1.807) is 18.2 Å². The summed E-state index contributed by atoms with van der Waals surface area (Å²) in [5.41, 5.74) is 2.18. The molecular formula is C11H10N4O. The van der Waals surface area contributed by atoms with Crippen LogP contribution in [0.25, 0.3) is 11.0 Å². The number of amides is 1. The van der Waals surface area contributed by atoms with Crippen molar-refractivity contribution < 1.29 is 4.79 Å². The molecule has 0 aliphatic rings. The van der Waals surface area contributed by atoms with E-state index in [2.05, 4.69) is 21.4 Å². The fraction of sp³-hybridized carbons (Fsp3) is 0.182. The first-order valence-corrected chi connectivity index (χ1v) is 4.82. The predicted molar refractivity (Wildman–Crippen MR) is 58.3 cm³/mol. The summed E-state index contributed by atoms with van der Waals surface area (Å²) in [5, 5.41) is 11.4. The van der Waals surface area contributed by atoms with Gasteiger partial charge in [0.05, 0.1) is 29.2 Å². The number of nitrogens with zero attached hydrogens (tertiary/aromatic N) is 2. The number of rotatable bonds is 2. The van der Waals surface area contributed by atoms with Crippen molar-refractivity contribution in [3.63, 3.8) is 0 Å². The Morgan fingerprint density at radius 2 is 2.44 bits per heavy atom. The van der Waals surface area contributed by atoms with Crippen LogP contribution in [0.2, 0.25) is 0 Å². The zero-order valence-corrected chi connectivity index (χ0v) is 8.74. The lowest BCUT2D eigenvalue weighted by atomic mass is 10.2. The van der Waals surface area contributed by atoms with Gasteiger partial charge < -0.3 is 10.3 Å². The Morgan fingerprint density at radius 1 is 1.62 bits per heavy atom. The molecule has 0 saturated heterocycles. The first-order chi connectivity index (χ1) is 7.69. The summed E-state index contributed by atoms with van der Waals surface area (Å²) in [5.74, 6) is 0.582. The quantitative estimate of drug-likeness (QED) is 0.784. The third-order valence-corrected chi connectivity index (χ3v) is 2.16. The number of benzene rings is 1. The maximum Gasteiger partial charge on any atom is 0.217 e. The van der Waals surface area contributed by atoms with Crippen LogP contribution in [0.4, 0.5) is 0 Å². The SMILES string of the molecule is CC(=O)NCc1nc2ccc(C#N)cc2[nH]1. The Morgan fingerprint density at radius 3 is 3.12 bits per heavy atom. The summed E-state index contributed by atoms with van der Waals surface area (Å²) >= 11 is 0. The molecule has 0 aliphatic heterocycles. The molecule has 0 saturated carbocycles. The van der Waals surface area contributed by atoms with Gasteiger partial charge in [0.25, 0.3) is 0 Å². The zero-order chi connectivity index (χ0) is 11.5. The molecule has 0 aliphatic carbocycles. The topological polar surface area (TPSA) is 81.6 Å². The minimum atomic E-state index is -0.0989. The molecule has 5 nitrogen and oxygen atoms in total. The van der Waals surface area contributed by atoms with E-state index in [1.807, 2.05) is 0 Å². The molecule has 0 unspecified atom stereocenters. The van der Waals surface area contributed by atoms with Crippen LogP contribution in [0.5, 0.6) is 0 Å². The van der Waals surface area contributed by atoms with Crippen LogP contribution in [-0.4, -0.2) is 15.9 Å². The Kier molecular flexibility index (Phi) is 2.56. The van der Waals surface area contributed by atoms with Gasteiger partial charge in [0.2, 0.25) is 5.91 Å². The number of nitrogens with one attached hydrogen (secondary N) is 2. The van der Waals surface area contributed by atoms with Crippen molar-refractivity contribution in [1.29, 1.82) is 5.26 Å². The van der Waals surface area contributed by atoms with Crippen molar-refractivity contribution in [2.24, 2.45) is 0 Å². The number of nitriles is 1. The molecule has 16 heavy (non-hydrogen) atoms. The number of carbonyl (C=O) groups excluding carboxylic acids is 1. The van der Waals surface area contributed by atoms with E-state index in [0.717, 1.165) is 11.0 Å². The molecule has 1 heterocycles. The maximum atomic E-state index is 10.7. The number of carbonyl (C=O) groups is 1. The van der Waals surface area contributed by atoms with E-state index in [-0.39, 0.29) is 5.91 Å². The summed E-state index contributed by atoms with van der Waals surface area (Å²) in [7, 11) is 0. The van der Waals surface area contributed by atoms with Gasteiger partial charge in [0, 0.05) is 6.92 Å². The molecule has 1 aromatic heterocycles. The Balaban J connectivity index is 2.30. The van der Waals surface area contributed by atoms with Gasteiger partial charge in [-0.25, -0.2) is 4.98 Å². The smallest absolute Gasteiger partial charge is 0.217 e. The molecule has 1 amide bonds. The molecule has 0 spiro atoms. The number of aromatic amines is 1. The van der Waals surface area contributed by atoms with Crippen molar-refractivity contribution in [3.05, 3.63) is 29.6 Å². The van der Waals surface area contributed by atoms with Gasteiger partial charge in [-0.05, 0) is 18.2 Å². The highest BCUT2D eigenvalue weighted by molar-refractivity contribution is 5.77. The molecule has 2 N–H and O–H groups in total. The molecule has 0 fully saturated rings. The minimum Gasteiger partial charge on any atom is -0.349 e. The van der Waals surface area contributed by atoms with Crippen LogP contribution in [-0.2, 0) is 11.3 Å². The molecule has 2 aromatic rings. The van der Waals surface area contributed by atoms with E-state index in [0.29, 0.717) is 17.9 Å². The molecule has 1 aromatic carbocycles. The van der Waals surface area contributed by atoms with Crippen molar-refractivity contribution in [1.82, 2.24) is 15.3 Å². The fourth-order valence-electron chi connectivity index (χ4n) is 1.42. The number of aromatic nitrogens is 2. The van der Waals surface area contributed by atoms with Crippen LogP contribution in [0.3, 0.4) is 0 Å².